The van der Waals surface area contributed by atoms with Crippen LogP contribution < -0.4 is 5.32 Å². The third-order valence-corrected chi connectivity index (χ3v) is 3.73. The smallest absolute Gasteiger partial charge is 0.291 e. The minimum atomic E-state index is -0.312. The van der Waals surface area contributed by atoms with Gasteiger partial charge in [0.15, 0.2) is 11.3 Å². The summed E-state index contributed by atoms with van der Waals surface area (Å²) in [5.74, 6) is -0.0802. The van der Waals surface area contributed by atoms with Gasteiger partial charge in [0.1, 0.15) is 18.2 Å². The third-order valence-electron chi connectivity index (χ3n) is 3.73. The zero-order valence-corrected chi connectivity index (χ0v) is 13.5. The van der Waals surface area contributed by atoms with Gasteiger partial charge in [0.2, 0.25) is 0 Å². The van der Waals surface area contributed by atoms with Crippen LogP contribution in [-0.2, 0) is 6.54 Å². The molecule has 4 aromatic rings. The predicted molar refractivity (Wildman–Crippen MR) is 92.3 cm³/mol. The number of aryl methyl sites for hydroxylation is 1. The molecule has 0 aliphatic heterocycles. The van der Waals surface area contributed by atoms with Crippen molar-refractivity contribution in [3.8, 4) is 0 Å². The second kappa shape index (κ2) is 6.20. The standard InChI is InChI=1S/C18H15N5O2/c1-12-5-6-16-15(21-12)8-17(25-16)18(24)22-14-4-2-3-13(7-14)9-23-11-19-10-20-23/h2-8,10-11H,9H2,1H3,(H,22,24). The van der Waals surface area contributed by atoms with Gasteiger partial charge in [-0.3, -0.25) is 4.79 Å². The lowest BCUT2D eigenvalue weighted by atomic mass is 10.2. The van der Waals surface area contributed by atoms with E-state index in [2.05, 4.69) is 20.4 Å². The summed E-state index contributed by atoms with van der Waals surface area (Å²) in [7, 11) is 0. The molecule has 25 heavy (non-hydrogen) atoms. The van der Waals surface area contributed by atoms with Gasteiger partial charge in [-0.15, -0.1) is 0 Å². The van der Waals surface area contributed by atoms with Crippen LogP contribution in [-0.4, -0.2) is 25.7 Å². The fourth-order valence-corrected chi connectivity index (χ4v) is 2.58. The molecule has 0 bridgehead atoms. The summed E-state index contributed by atoms with van der Waals surface area (Å²) in [6, 6.07) is 12.9. The minimum absolute atomic E-state index is 0.231. The van der Waals surface area contributed by atoms with E-state index in [1.807, 2.05) is 43.3 Å². The van der Waals surface area contributed by atoms with Crippen molar-refractivity contribution in [3.05, 3.63) is 72.1 Å². The van der Waals surface area contributed by atoms with Crippen LogP contribution in [0.4, 0.5) is 5.69 Å². The number of nitrogens with one attached hydrogen (secondary N) is 1. The number of carbonyl (C=O) groups is 1. The number of anilines is 1. The van der Waals surface area contributed by atoms with Crippen molar-refractivity contribution in [1.82, 2.24) is 19.7 Å². The van der Waals surface area contributed by atoms with Crippen LogP contribution in [0, 0.1) is 6.92 Å². The van der Waals surface area contributed by atoms with E-state index in [1.54, 1.807) is 17.1 Å². The molecule has 0 aliphatic carbocycles. The molecule has 1 aromatic carbocycles. The van der Waals surface area contributed by atoms with Crippen molar-refractivity contribution in [3.63, 3.8) is 0 Å². The molecule has 7 heteroatoms. The molecule has 0 unspecified atom stereocenters. The molecular weight excluding hydrogens is 318 g/mol. The van der Waals surface area contributed by atoms with Crippen LogP contribution in [0.25, 0.3) is 11.1 Å². The summed E-state index contributed by atoms with van der Waals surface area (Å²) in [4.78, 5) is 20.7. The van der Waals surface area contributed by atoms with Crippen molar-refractivity contribution in [2.75, 3.05) is 5.32 Å². The summed E-state index contributed by atoms with van der Waals surface area (Å²) in [6.45, 7) is 2.48. The second-order valence-corrected chi connectivity index (χ2v) is 5.69. The molecule has 4 rings (SSSR count). The predicted octanol–water partition coefficient (Wildman–Crippen LogP) is 3.03. The summed E-state index contributed by atoms with van der Waals surface area (Å²) in [5, 5.41) is 6.93. The van der Waals surface area contributed by atoms with Crippen LogP contribution in [0.15, 0.2) is 59.5 Å². The highest BCUT2D eigenvalue weighted by atomic mass is 16.3. The van der Waals surface area contributed by atoms with E-state index in [4.69, 9.17) is 4.42 Å². The zero-order valence-electron chi connectivity index (χ0n) is 13.5. The highest BCUT2D eigenvalue weighted by Gasteiger charge is 2.13. The van der Waals surface area contributed by atoms with Gasteiger partial charge < -0.3 is 9.73 Å². The Morgan fingerprint density at radius 3 is 3.00 bits per heavy atom. The Hall–Kier alpha value is -3.48. The monoisotopic (exact) mass is 333 g/mol. The van der Waals surface area contributed by atoms with E-state index in [-0.39, 0.29) is 11.7 Å². The molecule has 1 N–H and O–H groups in total. The number of furan rings is 1. The van der Waals surface area contributed by atoms with Crippen LogP contribution in [0.5, 0.6) is 0 Å². The number of hydrogen-bond donors (Lipinski definition) is 1. The Bertz CT molecular complexity index is 1040. The lowest BCUT2D eigenvalue weighted by Gasteiger charge is -2.06. The minimum Gasteiger partial charge on any atom is -0.449 e. The Kier molecular flexibility index (Phi) is 3.74. The molecule has 3 heterocycles. The van der Waals surface area contributed by atoms with Crippen LogP contribution >= 0.6 is 0 Å². The maximum atomic E-state index is 12.4. The van der Waals surface area contributed by atoms with Crippen molar-refractivity contribution >= 4 is 22.7 Å². The van der Waals surface area contributed by atoms with Gasteiger partial charge in [0, 0.05) is 17.4 Å². The highest BCUT2D eigenvalue weighted by Crippen LogP contribution is 2.19. The first-order valence-electron chi connectivity index (χ1n) is 7.77. The normalized spacial score (nSPS) is 10.9. The van der Waals surface area contributed by atoms with Gasteiger partial charge in [-0.25, -0.2) is 14.6 Å². The molecule has 7 nitrogen and oxygen atoms in total. The average Bonchev–Trinajstić information content (AvgIpc) is 3.24. The van der Waals surface area contributed by atoms with E-state index >= 15 is 0 Å². The number of fused-ring (bicyclic) bond motifs is 1. The Morgan fingerprint density at radius 2 is 2.16 bits per heavy atom. The van der Waals surface area contributed by atoms with E-state index in [0.29, 0.717) is 23.3 Å². The molecule has 3 aromatic heterocycles. The Balaban J connectivity index is 1.53. The molecule has 1 amide bonds. The molecule has 0 atom stereocenters. The fraction of sp³-hybridized carbons (Fsp3) is 0.111. The third kappa shape index (κ3) is 3.25. The molecule has 0 saturated carbocycles. The maximum absolute atomic E-state index is 12.4. The molecule has 0 saturated heterocycles. The molecular formula is C18H15N5O2. The van der Waals surface area contributed by atoms with Crippen LogP contribution in [0.1, 0.15) is 21.8 Å². The van der Waals surface area contributed by atoms with E-state index in [1.165, 1.54) is 6.33 Å². The second-order valence-electron chi connectivity index (χ2n) is 5.69. The molecule has 0 spiro atoms. The summed E-state index contributed by atoms with van der Waals surface area (Å²) < 4.78 is 7.29. The van der Waals surface area contributed by atoms with Gasteiger partial charge in [0.25, 0.3) is 5.91 Å². The van der Waals surface area contributed by atoms with Gasteiger partial charge in [-0.1, -0.05) is 12.1 Å². The largest absolute Gasteiger partial charge is 0.449 e. The molecule has 0 radical (unpaired) electrons. The maximum Gasteiger partial charge on any atom is 0.291 e. The van der Waals surface area contributed by atoms with Crippen molar-refractivity contribution in [2.24, 2.45) is 0 Å². The van der Waals surface area contributed by atoms with Crippen molar-refractivity contribution < 1.29 is 9.21 Å². The number of aromatic nitrogens is 4. The number of hydrogen-bond acceptors (Lipinski definition) is 5. The van der Waals surface area contributed by atoms with E-state index in [9.17, 15) is 4.79 Å². The van der Waals surface area contributed by atoms with Gasteiger partial charge >= 0.3 is 0 Å². The lowest BCUT2D eigenvalue weighted by molar-refractivity contribution is 0.0998. The zero-order chi connectivity index (χ0) is 17.2. The first kappa shape index (κ1) is 15.1. The van der Waals surface area contributed by atoms with E-state index < -0.39 is 0 Å². The number of amides is 1. The first-order valence-corrected chi connectivity index (χ1v) is 7.77. The summed E-state index contributed by atoms with van der Waals surface area (Å²) >= 11 is 0. The average molecular weight is 333 g/mol. The number of pyridine rings is 1. The number of carbonyl (C=O) groups excluding carboxylic acids is 1. The quantitative estimate of drug-likeness (QED) is 0.620. The summed E-state index contributed by atoms with van der Waals surface area (Å²) in [6.07, 6.45) is 3.14. The fourth-order valence-electron chi connectivity index (χ4n) is 2.58. The highest BCUT2D eigenvalue weighted by molar-refractivity contribution is 6.04. The molecule has 0 fully saturated rings. The lowest BCUT2D eigenvalue weighted by Crippen LogP contribution is -2.11. The van der Waals surface area contributed by atoms with Crippen LogP contribution in [0.3, 0.4) is 0 Å². The Morgan fingerprint density at radius 1 is 1.24 bits per heavy atom. The van der Waals surface area contributed by atoms with Crippen molar-refractivity contribution in [2.45, 2.75) is 13.5 Å². The number of benzene rings is 1. The Labute approximate surface area is 143 Å². The van der Waals surface area contributed by atoms with Crippen LogP contribution in [0.2, 0.25) is 0 Å². The summed E-state index contributed by atoms with van der Waals surface area (Å²) in [5.41, 5.74) is 3.83. The molecule has 124 valence electrons. The van der Waals surface area contributed by atoms with E-state index in [0.717, 1.165) is 11.3 Å². The number of nitrogens with zero attached hydrogens (tertiary/aromatic N) is 4. The van der Waals surface area contributed by atoms with Gasteiger partial charge in [-0.2, -0.15) is 5.10 Å². The molecule has 0 aliphatic rings. The first-order chi connectivity index (χ1) is 12.2. The van der Waals surface area contributed by atoms with Gasteiger partial charge in [0.05, 0.1) is 6.54 Å². The van der Waals surface area contributed by atoms with Gasteiger partial charge in [-0.05, 0) is 36.8 Å². The SMILES string of the molecule is Cc1ccc2oc(C(=O)Nc3cccc(Cn4cncn4)c3)cc2n1. The topological polar surface area (TPSA) is 85.8 Å². The van der Waals surface area contributed by atoms with Crippen molar-refractivity contribution in [1.29, 1.82) is 0 Å². The number of rotatable bonds is 4.